The lowest BCUT2D eigenvalue weighted by Gasteiger charge is -2.25. The zero-order chi connectivity index (χ0) is 21.7. The summed E-state index contributed by atoms with van der Waals surface area (Å²) in [5, 5.41) is 2.61. The van der Waals surface area contributed by atoms with Gasteiger partial charge < -0.3 is 20.5 Å². The third kappa shape index (κ3) is 8.88. The number of ketones is 1. The molecule has 7 nitrogen and oxygen atoms in total. The fraction of sp³-hybridized carbons (Fsp3) is 0.571. The fourth-order valence-corrected chi connectivity index (χ4v) is 2.51. The zero-order valence-electron chi connectivity index (χ0n) is 17.8. The van der Waals surface area contributed by atoms with Crippen LogP contribution in [0.15, 0.2) is 18.2 Å². The van der Waals surface area contributed by atoms with Crippen LogP contribution in [0, 0.1) is 6.92 Å². The van der Waals surface area contributed by atoms with E-state index in [4.69, 9.17) is 15.2 Å². The molecule has 0 bridgehead atoms. The number of nitrogens with one attached hydrogen (secondary N) is 1. The van der Waals surface area contributed by atoms with E-state index in [9.17, 15) is 14.4 Å². The Bertz CT molecular complexity index is 699. The third-order valence-corrected chi connectivity index (χ3v) is 3.55. The molecule has 1 amide bonds. The van der Waals surface area contributed by atoms with E-state index >= 15 is 0 Å². The predicted molar refractivity (Wildman–Crippen MR) is 108 cm³/mol. The van der Waals surface area contributed by atoms with Crippen LogP contribution in [0.1, 0.15) is 70.3 Å². The second-order valence-electron chi connectivity index (χ2n) is 8.84. The lowest BCUT2D eigenvalue weighted by Crippen LogP contribution is -2.42. The minimum absolute atomic E-state index is 0.0806. The Morgan fingerprint density at radius 3 is 2.11 bits per heavy atom. The molecule has 28 heavy (non-hydrogen) atoms. The van der Waals surface area contributed by atoms with E-state index in [2.05, 4.69) is 5.32 Å². The van der Waals surface area contributed by atoms with E-state index in [1.54, 1.807) is 66.7 Å². The molecule has 0 heterocycles. The normalized spacial score (nSPS) is 12.8. The number of carbonyl (C=O) groups excluding carboxylic acids is 3. The quantitative estimate of drug-likeness (QED) is 0.433. The summed E-state index contributed by atoms with van der Waals surface area (Å²) in [4.78, 5) is 37.1. The molecule has 156 valence electrons. The van der Waals surface area contributed by atoms with Crippen LogP contribution in [-0.2, 0) is 14.3 Å². The number of hydrogen-bond acceptors (Lipinski definition) is 6. The van der Waals surface area contributed by atoms with E-state index in [0.717, 1.165) is 5.56 Å². The van der Waals surface area contributed by atoms with Crippen LogP contribution < -0.4 is 11.1 Å². The van der Waals surface area contributed by atoms with Gasteiger partial charge in [-0.1, -0.05) is 6.07 Å². The molecule has 0 aliphatic carbocycles. The number of rotatable bonds is 6. The Kier molecular flexibility index (Phi) is 7.61. The minimum Gasteiger partial charge on any atom is -0.460 e. The van der Waals surface area contributed by atoms with Crippen LogP contribution in [0.25, 0.3) is 0 Å². The highest BCUT2D eigenvalue weighted by atomic mass is 16.6. The van der Waals surface area contributed by atoms with Crippen LogP contribution in [0.3, 0.4) is 0 Å². The first-order valence-electron chi connectivity index (χ1n) is 9.27. The molecule has 0 aliphatic rings. The number of nitrogens with two attached hydrogens (primary N) is 1. The highest BCUT2D eigenvalue weighted by Crippen LogP contribution is 2.18. The van der Waals surface area contributed by atoms with Crippen molar-refractivity contribution in [2.45, 2.75) is 78.6 Å². The number of amides is 1. The van der Waals surface area contributed by atoms with Crippen molar-refractivity contribution >= 4 is 23.5 Å². The molecule has 7 heteroatoms. The molecule has 0 saturated heterocycles. The van der Waals surface area contributed by atoms with Crippen LogP contribution in [0.2, 0.25) is 0 Å². The number of alkyl carbamates (subject to hydrolysis) is 1. The van der Waals surface area contributed by atoms with Crippen molar-refractivity contribution in [1.82, 2.24) is 5.32 Å². The molecule has 0 radical (unpaired) electrons. The molecule has 1 unspecified atom stereocenters. The molecule has 1 atom stereocenters. The zero-order valence-corrected chi connectivity index (χ0v) is 17.8. The van der Waals surface area contributed by atoms with Crippen molar-refractivity contribution < 1.29 is 23.9 Å². The maximum absolute atomic E-state index is 12.8. The van der Waals surface area contributed by atoms with Gasteiger partial charge in [-0.2, -0.15) is 0 Å². The number of ether oxygens (including phenoxy) is 2. The summed E-state index contributed by atoms with van der Waals surface area (Å²) in [5.74, 6) is -0.736. The van der Waals surface area contributed by atoms with Crippen molar-refractivity contribution in [1.29, 1.82) is 0 Å². The minimum atomic E-state index is -0.766. The summed E-state index contributed by atoms with van der Waals surface area (Å²) in [5.41, 5.74) is 6.12. The van der Waals surface area contributed by atoms with Gasteiger partial charge >= 0.3 is 12.1 Å². The second-order valence-corrected chi connectivity index (χ2v) is 8.84. The molecule has 1 rings (SSSR count). The average molecular weight is 392 g/mol. The maximum atomic E-state index is 12.8. The molecule has 1 aromatic carbocycles. The van der Waals surface area contributed by atoms with Gasteiger partial charge in [-0.3, -0.25) is 9.59 Å². The molecule has 0 saturated carbocycles. The number of anilines is 1. The Hall–Kier alpha value is -2.57. The number of aryl methyl sites for hydroxylation is 1. The Morgan fingerprint density at radius 2 is 1.57 bits per heavy atom. The van der Waals surface area contributed by atoms with Crippen LogP contribution in [0.4, 0.5) is 10.5 Å². The third-order valence-electron chi connectivity index (χ3n) is 3.55. The number of esters is 1. The van der Waals surface area contributed by atoms with Crippen molar-refractivity contribution in [3.05, 3.63) is 29.3 Å². The first kappa shape index (κ1) is 23.5. The summed E-state index contributed by atoms with van der Waals surface area (Å²) in [6.45, 7) is 12.3. The second kappa shape index (κ2) is 9.08. The average Bonchev–Trinajstić information content (AvgIpc) is 2.45. The summed E-state index contributed by atoms with van der Waals surface area (Å²) in [7, 11) is 0. The molecule has 0 aromatic heterocycles. The van der Waals surface area contributed by atoms with E-state index in [-0.39, 0.29) is 18.6 Å². The molecular formula is C21H32N2O5. The highest BCUT2D eigenvalue weighted by Gasteiger charge is 2.26. The van der Waals surface area contributed by atoms with Crippen molar-refractivity contribution in [2.24, 2.45) is 0 Å². The van der Waals surface area contributed by atoms with E-state index in [0.29, 0.717) is 11.3 Å². The SMILES string of the molecule is Cc1ccc(N)cc1C(=O)CC(CC(=O)OC(C)(C)C)NC(=O)OC(C)(C)C. The van der Waals surface area contributed by atoms with E-state index < -0.39 is 29.3 Å². The molecule has 0 fully saturated rings. The smallest absolute Gasteiger partial charge is 0.407 e. The van der Waals surface area contributed by atoms with Gasteiger partial charge in [-0.05, 0) is 66.2 Å². The lowest BCUT2D eigenvalue weighted by atomic mass is 9.97. The molecule has 0 spiro atoms. The largest absolute Gasteiger partial charge is 0.460 e. The fourth-order valence-electron chi connectivity index (χ4n) is 2.51. The topological polar surface area (TPSA) is 108 Å². The van der Waals surface area contributed by atoms with Crippen molar-refractivity contribution in [3.63, 3.8) is 0 Å². The number of hydrogen-bond donors (Lipinski definition) is 2. The lowest BCUT2D eigenvalue weighted by molar-refractivity contribution is -0.155. The monoisotopic (exact) mass is 392 g/mol. The Balaban J connectivity index is 2.95. The van der Waals surface area contributed by atoms with Gasteiger partial charge in [-0.15, -0.1) is 0 Å². The van der Waals surface area contributed by atoms with Gasteiger partial charge in [0.2, 0.25) is 0 Å². The number of carbonyl (C=O) groups is 3. The van der Waals surface area contributed by atoms with Crippen LogP contribution in [-0.4, -0.2) is 35.1 Å². The Morgan fingerprint density at radius 1 is 1.00 bits per heavy atom. The van der Waals surface area contributed by atoms with Gasteiger partial charge in [0, 0.05) is 23.7 Å². The summed E-state index contributed by atoms with van der Waals surface area (Å²) < 4.78 is 10.6. The highest BCUT2D eigenvalue weighted by molar-refractivity contribution is 5.99. The predicted octanol–water partition coefficient (Wildman–Crippen LogP) is 3.78. The first-order valence-corrected chi connectivity index (χ1v) is 9.27. The molecule has 1 aromatic rings. The van der Waals surface area contributed by atoms with Crippen LogP contribution in [0.5, 0.6) is 0 Å². The molecule has 3 N–H and O–H groups in total. The summed E-state index contributed by atoms with van der Waals surface area (Å²) in [6, 6.07) is 4.30. The Labute approximate surface area is 167 Å². The van der Waals surface area contributed by atoms with Crippen LogP contribution >= 0.6 is 0 Å². The van der Waals surface area contributed by atoms with Gasteiger partial charge in [0.05, 0.1) is 6.42 Å². The maximum Gasteiger partial charge on any atom is 0.407 e. The summed E-state index contributed by atoms with van der Waals surface area (Å²) in [6.07, 6.45) is -0.926. The van der Waals surface area contributed by atoms with E-state index in [1.807, 2.05) is 0 Å². The van der Waals surface area contributed by atoms with Gasteiger partial charge in [0.1, 0.15) is 11.2 Å². The van der Waals surface area contributed by atoms with Gasteiger partial charge in [0.15, 0.2) is 5.78 Å². The standard InChI is InChI=1S/C21H32N2O5/c1-13-8-9-14(22)10-16(13)17(24)11-15(12-18(25)27-20(2,3)4)23-19(26)28-21(5,6)7/h8-10,15H,11-12,22H2,1-7H3,(H,23,26). The van der Waals surface area contributed by atoms with Crippen molar-refractivity contribution in [2.75, 3.05) is 5.73 Å². The van der Waals surface area contributed by atoms with Gasteiger partial charge in [0.25, 0.3) is 0 Å². The molecular weight excluding hydrogens is 360 g/mol. The first-order chi connectivity index (χ1) is 12.7. The summed E-state index contributed by atoms with van der Waals surface area (Å²) >= 11 is 0. The molecule has 0 aliphatic heterocycles. The number of benzene rings is 1. The van der Waals surface area contributed by atoms with Gasteiger partial charge in [-0.25, -0.2) is 4.79 Å². The number of nitrogen functional groups attached to an aromatic ring is 1. The van der Waals surface area contributed by atoms with Crippen molar-refractivity contribution in [3.8, 4) is 0 Å². The van der Waals surface area contributed by atoms with E-state index in [1.165, 1.54) is 0 Å². The number of Topliss-reactive ketones (excluding diaryl/α,β-unsaturated/α-hetero) is 1.